The number of Topliss-reactive ketones (excluding diaryl/α,β-unsaturated/α-hetero) is 1. The number of piperidine rings is 1. The van der Waals surface area contributed by atoms with E-state index < -0.39 is 0 Å². The molecule has 1 saturated heterocycles. The smallest absolute Gasteiger partial charge is 0.260 e. The zero-order valence-electron chi connectivity index (χ0n) is 13.8. The van der Waals surface area contributed by atoms with Crippen LogP contribution in [0.2, 0.25) is 0 Å². The number of likely N-dealkylation sites (tertiary alicyclic amines) is 1. The fraction of sp³-hybridized carbons (Fsp3) is 0.579. The van der Waals surface area contributed by atoms with E-state index in [4.69, 9.17) is 4.74 Å². The molecule has 2 aliphatic rings. The normalized spacial score (nSPS) is 24.0. The molecule has 0 spiro atoms. The topological polar surface area (TPSA) is 46.6 Å². The molecule has 124 valence electrons. The van der Waals surface area contributed by atoms with Crippen LogP contribution in [0.25, 0.3) is 0 Å². The molecule has 0 unspecified atom stereocenters. The number of ether oxygens (including phenoxy) is 1. The van der Waals surface area contributed by atoms with Crippen molar-refractivity contribution in [1.29, 1.82) is 0 Å². The standard InChI is InChI=1S/C19H25NO3/c1-14(21)15-6-8-18(9-7-15)23-13-19(22)20-11-10-16-4-2-3-5-17(16)12-20/h6-9,16-17H,2-5,10-13H2,1H3/t16-,17-/m0/s1. The number of ketones is 1. The molecule has 2 atom stereocenters. The Hall–Kier alpha value is -1.84. The van der Waals surface area contributed by atoms with Crippen molar-refractivity contribution >= 4 is 11.7 Å². The summed E-state index contributed by atoms with van der Waals surface area (Å²) in [5, 5.41) is 0. The Morgan fingerprint density at radius 1 is 1.09 bits per heavy atom. The average Bonchev–Trinajstić information content (AvgIpc) is 2.59. The molecule has 0 aromatic heterocycles. The van der Waals surface area contributed by atoms with Gasteiger partial charge in [-0.15, -0.1) is 0 Å². The summed E-state index contributed by atoms with van der Waals surface area (Å²) >= 11 is 0. The third-order valence-corrected chi connectivity index (χ3v) is 5.27. The molecule has 0 radical (unpaired) electrons. The van der Waals surface area contributed by atoms with E-state index in [1.54, 1.807) is 24.3 Å². The monoisotopic (exact) mass is 315 g/mol. The summed E-state index contributed by atoms with van der Waals surface area (Å²) in [5.41, 5.74) is 0.656. The molecule has 3 rings (SSSR count). The molecule has 0 bridgehead atoms. The first-order chi connectivity index (χ1) is 11.1. The van der Waals surface area contributed by atoms with Crippen molar-refractivity contribution < 1.29 is 14.3 Å². The van der Waals surface area contributed by atoms with Crippen molar-refractivity contribution in [3.63, 3.8) is 0 Å². The lowest BCUT2D eigenvalue weighted by Crippen LogP contribution is -2.46. The van der Waals surface area contributed by atoms with Gasteiger partial charge in [-0.3, -0.25) is 9.59 Å². The quantitative estimate of drug-likeness (QED) is 0.801. The number of hydrogen-bond acceptors (Lipinski definition) is 3. The van der Waals surface area contributed by atoms with Gasteiger partial charge in [-0.2, -0.15) is 0 Å². The average molecular weight is 315 g/mol. The van der Waals surface area contributed by atoms with Crippen LogP contribution in [0.4, 0.5) is 0 Å². The van der Waals surface area contributed by atoms with Gasteiger partial charge in [0.1, 0.15) is 5.75 Å². The van der Waals surface area contributed by atoms with E-state index in [0.717, 1.165) is 25.4 Å². The summed E-state index contributed by atoms with van der Waals surface area (Å²) < 4.78 is 5.59. The van der Waals surface area contributed by atoms with Gasteiger partial charge in [0.15, 0.2) is 12.4 Å². The zero-order valence-corrected chi connectivity index (χ0v) is 13.8. The second-order valence-corrected chi connectivity index (χ2v) is 6.80. The molecule has 2 fully saturated rings. The zero-order chi connectivity index (χ0) is 16.2. The van der Waals surface area contributed by atoms with Crippen molar-refractivity contribution in [3.05, 3.63) is 29.8 Å². The Balaban J connectivity index is 1.50. The summed E-state index contributed by atoms with van der Waals surface area (Å²) in [4.78, 5) is 25.6. The number of carbonyl (C=O) groups is 2. The molecule has 1 aromatic carbocycles. The fourth-order valence-electron chi connectivity index (χ4n) is 3.85. The van der Waals surface area contributed by atoms with Crippen LogP contribution >= 0.6 is 0 Å². The van der Waals surface area contributed by atoms with Gasteiger partial charge in [0.05, 0.1) is 0 Å². The van der Waals surface area contributed by atoms with Gasteiger partial charge < -0.3 is 9.64 Å². The maximum atomic E-state index is 12.4. The van der Waals surface area contributed by atoms with Crippen molar-refractivity contribution in [2.24, 2.45) is 11.8 Å². The summed E-state index contributed by atoms with van der Waals surface area (Å²) in [5.74, 6) is 2.26. The van der Waals surface area contributed by atoms with Crippen LogP contribution in [0.1, 0.15) is 49.4 Å². The third kappa shape index (κ3) is 3.92. The van der Waals surface area contributed by atoms with Crippen molar-refractivity contribution in [3.8, 4) is 5.75 Å². The molecule has 1 aliphatic carbocycles. The maximum absolute atomic E-state index is 12.4. The first kappa shape index (κ1) is 16.0. The number of nitrogens with zero attached hydrogens (tertiary/aromatic N) is 1. The van der Waals surface area contributed by atoms with Crippen LogP contribution in [0, 0.1) is 11.8 Å². The summed E-state index contributed by atoms with van der Waals surface area (Å²) in [7, 11) is 0. The van der Waals surface area contributed by atoms with Gasteiger partial charge in [0.2, 0.25) is 0 Å². The van der Waals surface area contributed by atoms with E-state index in [0.29, 0.717) is 17.2 Å². The highest BCUT2D eigenvalue weighted by molar-refractivity contribution is 5.94. The molecular formula is C19H25NO3. The van der Waals surface area contributed by atoms with Crippen molar-refractivity contribution in [2.75, 3.05) is 19.7 Å². The van der Waals surface area contributed by atoms with Crippen LogP contribution in [-0.2, 0) is 4.79 Å². The minimum atomic E-state index is 0.0305. The first-order valence-electron chi connectivity index (χ1n) is 8.65. The predicted octanol–water partition coefficient (Wildman–Crippen LogP) is 3.31. The van der Waals surface area contributed by atoms with Crippen LogP contribution in [-0.4, -0.2) is 36.3 Å². The lowest BCUT2D eigenvalue weighted by molar-refractivity contribution is -0.136. The second kappa shape index (κ2) is 7.16. The summed E-state index contributed by atoms with van der Waals surface area (Å²) in [6.45, 7) is 3.38. The number of fused-ring (bicyclic) bond motifs is 1. The highest BCUT2D eigenvalue weighted by atomic mass is 16.5. The van der Waals surface area contributed by atoms with Crippen LogP contribution in [0.15, 0.2) is 24.3 Å². The largest absolute Gasteiger partial charge is 0.484 e. The minimum Gasteiger partial charge on any atom is -0.484 e. The lowest BCUT2D eigenvalue weighted by Gasteiger charge is -2.41. The van der Waals surface area contributed by atoms with Gasteiger partial charge in [0, 0.05) is 18.7 Å². The van der Waals surface area contributed by atoms with E-state index in [-0.39, 0.29) is 18.3 Å². The number of rotatable bonds is 4. The van der Waals surface area contributed by atoms with Crippen LogP contribution < -0.4 is 4.74 Å². The fourth-order valence-corrected chi connectivity index (χ4v) is 3.85. The Kier molecular flexibility index (Phi) is 4.99. The molecule has 1 heterocycles. The number of carbonyl (C=O) groups excluding carboxylic acids is 2. The second-order valence-electron chi connectivity index (χ2n) is 6.80. The van der Waals surface area contributed by atoms with E-state index in [1.165, 1.54) is 32.6 Å². The number of benzene rings is 1. The van der Waals surface area contributed by atoms with E-state index in [1.807, 2.05) is 4.90 Å². The molecule has 1 amide bonds. The first-order valence-corrected chi connectivity index (χ1v) is 8.65. The SMILES string of the molecule is CC(=O)c1ccc(OCC(=O)N2CC[C@@H]3CCCC[C@H]3C2)cc1. The van der Waals surface area contributed by atoms with Gasteiger partial charge in [-0.25, -0.2) is 0 Å². The van der Waals surface area contributed by atoms with Gasteiger partial charge in [-0.05, 0) is 55.9 Å². The Bertz CT molecular complexity index is 566. The lowest BCUT2D eigenvalue weighted by atomic mass is 9.75. The van der Waals surface area contributed by atoms with Gasteiger partial charge >= 0.3 is 0 Å². The highest BCUT2D eigenvalue weighted by Gasteiger charge is 2.32. The van der Waals surface area contributed by atoms with Crippen LogP contribution in [0.3, 0.4) is 0 Å². The van der Waals surface area contributed by atoms with Crippen LogP contribution in [0.5, 0.6) is 5.75 Å². The van der Waals surface area contributed by atoms with Crippen molar-refractivity contribution in [1.82, 2.24) is 4.90 Å². The molecule has 0 N–H and O–H groups in total. The molecule has 4 nitrogen and oxygen atoms in total. The molecule has 23 heavy (non-hydrogen) atoms. The van der Waals surface area contributed by atoms with E-state index in [2.05, 4.69) is 0 Å². The predicted molar refractivity (Wildman–Crippen MR) is 88.6 cm³/mol. The van der Waals surface area contributed by atoms with Gasteiger partial charge in [0.25, 0.3) is 5.91 Å². The molecule has 1 saturated carbocycles. The van der Waals surface area contributed by atoms with E-state index >= 15 is 0 Å². The highest BCUT2D eigenvalue weighted by Crippen LogP contribution is 2.36. The Morgan fingerprint density at radius 3 is 2.48 bits per heavy atom. The summed E-state index contributed by atoms with van der Waals surface area (Å²) in [6, 6.07) is 6.96. The Labute approximate surface area is 137 Å². The number of hydrogen-bond donors (Lipinski definition) is 0. The van der Waals surface area contributed by atoms with E-state index in [9.17, 15) is 9.59 Å². The minimum absolute atomic E-state index is 0.0305. The van der Waals surface area contributed by atoms with Crippen molar-refractivity contribution in [2.45, 2.75) is 39.0 Å². The molecule has 4 heteroatoms. The molecule has 1 aliphatic heterocycles. The summed E-state index contributed by atoms with van der Waals surface area (Å²) in [6.07, 6.45) is 6.41. The molecule has 1 aromatic rings. The van der Waals surface area contributed by atoms with Gasteiger partial charge in [-0.1, -0.05) is 19.3 Å². The Morgan fingerprint density at radius 2 is 1.78 bits per heavy atom. The third-order valence-electron chi connectivity index (χ3n) is 5.27. The molecular weight excluding hydrogens is 290 g/mol. The number of amides is 1. The maximum Gasteiger partial charge on any atom is 0.260 e.